The van der Waals surface area contributed by atoms with Gasteiger partial charge in [0.2, 0.25) is 5.91 Å². The van der Waals surface area contributed by atoms with Crippen molar-refractivity contribution in [3.8, 4) is 0 Å². The minimum absolute atomic E-state index is 0.0571. The van der Waals surface area contributed by atoms with Gasteiger partial charge in [-0.15, -0.1) is 0 Å². The molecule has 1 heterocycles. The molecule has 92 valence electrons. The van der Waals surface area contributed by atoms with Crippen molar-refractivity contribution in [2.45, 2.75) is 31.7 Å². The van der Waals surface area contributed by atoms with Crippen molar-refractivity contribution < 1.29 is 4.79 Å². The lowest BCUT2D eigenvalue weighted by Gasteiger charge is -2.38. The lowest BCUT2D eigenvalue weighted by Crippen LogP contribution is -2.55. The molecule has 0 aliphatic carbocycles. The van der Waals surface area contributed by atoms with Crippen molar-refractivity contribution in [2.24, 2.45) is 0 Å². The van der Waals surface area contributed by atoms with Crippen molar-refractivity contribution in [3.05, 3.63) is 35.9 Å². The first kappa shape index (κ1) is 12.1. The third-order valence-electron chi connectivity index (χ3n) is 3.39. The Morgan fingerprint density at radius 2 is 1.94 bits per heavy atom. The van der Waals surface area contributed by atoms with Gasteiger partial charge in [-0.1, -0.05) is 30.3 Å². The van der Waals surface area contributed by atoms with E-state index in [2.05, 4.69) is 34.9 Å². The van der Waals surface area contributed by atoms with Crippen LogP contribution in [0, 0.1) is 0 Å². The highest BCUT2D eigenvalue weighted by atomic mass is 16.1. The van der Waals surface area contributed by atoms with E-state index in [1.54, 1.807) is 6.92 Å². The molecule has 17 heavy (non-hydrogen) atoms. The number of hydrogen-bond acceptors (Lipinski definition) is 2. The zero-order valence-electron chi connectivity index (χ0n) is 10.3. The molecule has 1 fully saturated rings. The molecule has 1 aliphatic heterocycles. The van der Waals surface area contributed by atoms with E-state index in [4.69, 9.17) is 0 Å². The van der Waals surface area contributed by atoms with Crippen molar-refractivity contribution >= 4 is 5.91 Å². The summed E-state index contributed by atoms with van der Waals surface area (Å²) >= 11 is 0. The van der Waals surface area contributed by atoms with Crippen LogP contribution in [0.2, 0.25) is 0 Å². The Balaban J connectivity index is 2.12. The second-order valence-electron chi connectivity index (χ2n) is 4.87. The number of hydrogen-bond donors (Lipinski definition) is 2. The van der Waals surface area contributed by atoms with E-state index in [1.807, 2.05) is 6.07 Å². The highest BCUT2D eigenvalue weighted by Crippen LogP contribution is 2.23. The van der Waals surface area contributed by atoms with E-state index in [0.29, 0.717) is 0 Å². The van der Waals surface area contributed by atoms with Crippen LogP contribution < -0.4 is 10.6 Å². The monoisotopic (exact) mass is 232 g/mol. The number of carbonyl (C=O) groups excluding carboxylic acids is 1. The Bertz CT molecular complexity index is 369. The van der Waals surface area contributed by atoms with Crippen LogP contribution in [0.4, 0.5) is 0 Å². The zero-order chi connectivity index (χ0) is 12.1. The molecule has 1 aliphatic rings. The van der Waals surface area contributed by atoms with Crippen LogP contribution in [-0.4, -0.2) is 24.5 Å². The van der Waals surface area contributed by atoms with E-state index in [0.717, 1.165) is 32.4 Å². The number of amides is 1. The van der Waals surface area contributed by atoms with Gasteiger partial charge in [0, 0.05) is 12.5 Å². The van der Waals surface area contributed by atoms with E-state index in [-0.39, 0.29) is 11.4 Å². The highest BCUT2D eigenvalue weighted by molar-refractivity contribution is 5.73. The summed E-state index contributed by atoms with van der Waals surface area (Å²) in [6.07, 6.45) is 2.93. The quantitative estimate of drug-likeness (QED) is 0.829. The van der Waals surface area contributed by atoms with Crippen LogP contribution in [0.3, 0.4) is 0 Å². The maximum Gasteiger partial charge on any atom is 0.217 e. The van der Waals surface area contributed by atoms with Gasteiger partial charge in [0.05, 0.1) is 0 Å². The summed E-state index contributed by atoms with van der Waals surface area (Å²) in [6, 6.07) is 10.4. The zero-order valence-corrected chi connectivity index (χ0v) is 10.3. The summed E-state index contributed by atoms with van der Waals surface area (Å²) < 4.78 is 0. The molecule has 0 spiro atoms. The molecule has 0 bridgehead atoms. The van der Waals surface area contributed by atoms with Crippen molar-refractivity contribution in [3.63, 3.8) is 0 Å². The van der Waals surface area contributed by atoms with Crippen molar-refractivity contribution in [2.75, 3.05) is 13.1 Å². The van der Waals surface area contributed by atoms with Crippen LogP contribution in [0.15, 0.2) is 30.3 Å². The summed E-state index contributed by atoms with van der Waals surface area (Å²) in [5.74, 6) is 0.0721. The summed E-state index contributed by atoms with van der Waals surface area (Å²) in [7, 11) is 0. The summed E-state index contributed by atoms with van der Waals surface area (Å²) in [5.41, 5.74) is 1.24. The van der Waals surface area contributed by atoms with E-state index < -0.39 is 0 Å². The van der Waals surface area contributed by atoms with E-state index in [9.17, 15) is 4.79 Å². The molecule has 2 N–H and O–H groups in total. The number of piperidine rings is 1. The number of rotatable bonds is 3. The molecule has 0 radical (unpaired) electrons. The average Bonchev–Trinajstić information content (AvgIpc) is 2.30. The number of nitrogens with one attached hydrogen (secondary N) is 2. The van der Waals surface area contributed by atoms with Crippen molar-refractivity contribution in [1.82, 2.24) is 10.6 Å². The van der Waals surface area contributed by atoms with Gasteiger partial charge in [0.25, 0.3) is 0 Å². The molecule has 3 nitrogen and oxygen atoms in total. The average molecular weight is 232 g/mol. The highest BCUT2D eigenvalue weighted by Gasteiger charge is 2.32. The molecule has 3 heteroatoms. The maximum absolute atomic E-state index is 11.4. The minimum Gasteiger partial charge on any atom is -0.350 e. The molecule has 2 rings (SSSR count). The molecule has 0 unspecified atom stereocenters. The maximum atomic E-state index is 11.4. The smallest absolute Gasteiger partial charge is 0.217 e. The van der Waals surface area contributed by atoms with Crippen LogP contribution >= 0.6 is 0 Å². The lowest BCUT2D eigenvalue weighted by atomic mass is 9.82. The van der Waals surface area contributed by atoms with Crippen molar-refractivity contribution in [1.29, 1.82) is 0 Å². The molecular formula is C14H20N2O. The van der Waals surface area contributed by atoms with Crippen LogP contribution in [0.5, 0.6) is 0 Å². The fraction of sp³-hybridized carbons (Fsp3) is 0.500. The van der Waals surface area contributed by atoms with E-state index >= 15 is 0 Å². The molecule has 0 saturated carbocycles. The molecule has 1 amide bonds. The first-order chi connectivity index (χ1) is 8.20. The second kappa shape index (κ2) is 5.32. The first-order valence-electron chi connectivity index (χ1n) is 6.24. The van der Waals surface area contributed by atoms with Crippen LogP contribution in [-0.2, 0) is 11.2 Å². The number of carbonyl (C=O) groups is 1. The SMILES string of the molecule is CC(=O)NC1(Cc2ccccc2)CCNCC1. The topological polar surface area (TPSA) is 41.1 Å². The standard InChI is InChI=1S/C14H20N2O/c1-12(17)16-14(7-9-15-10-8-14)11-13-5-3-2-4-6-13/h2-6,15H,7-11H2,1H3,(H,16,17). The van der Waals surface area contributed by atoms with Gasteiger partial charge in [0.15, 0.2) is 0 Å². The Morgan fingerprint density at radius 3 is 2.53 bits per heavy atom. The molecular weight excluding hydrogens is 212 g/mol. The molecule has 1 saturated heterocycles. The predicted molar refractivity (Wildman–Crippen MR) is 68.8 cm³/mol. The first-order valence-corrected chi connectivity index (χ1v) is 6.24. The Morgan fingerprint density at radius 1 is 1.29 bits per heavy atom. The minimum atomic E-state index is -0.0571. The Hall–Kier alpha value is -1.35. The Kier molecular flexibility index (Phi) is 3.79. The molecule has 0 atom stereocenters. The van der Waals surface area contributed by atoms with Gasteiger partial charge in [-0.25, -0.2) is 0 Å². The normalized spacial score (nSPS) is 18.6. The third-order valence-corrected chi connectivity index (χ3v) is 3.39. The van der Waals surface area contributed by atoms with Gasteiger partial charge >= 0.3 is 0 Å². The summed E-state index contributed by atoms with van der Waals surface area (Å²) in [4.78, 5) is 11.4. The van der Waals surface area contributed by atoms with Crippen LogP contribution in [0.1, 0.15) is 25.3 Å². The molecule has 1 aromatic carbocycles. The van der Waals surface area contributed by atoms with Gasteiger partial charge in [-0.05, 0) is 37.9 Å². The fourth-order valence-corrected chi connectivity index (χ4v) is 2.61. The van der Waals surface area contributed by atoms with E-state index in [1.165, 1.54) is 5.56 Å². The molecule has 1 aromatic rings. The van der Waals surface area contributed by atoms with Gasteiger partial charge < -0.3 is 10.6 Å². The van der Waals surface area contributed by atoms with Gasteiger partial charge in [-0.3, -0.25) is 4.79 Å². The second-order valence-corrected chi connectivity index (χ2v) is 4.87. The van der Waals surface area contributed by atoms with Gasteiger partial charge in [0.1, 0.15) is 0 Å². The summed E-state index contributed by atoms with van der Waals surface area (Å²) in [6.45, 7) is 3.56. The predicted octanol–water partition coefficient (Wildman–Crippen LogP) is 1.49. The third kappa shape index (κ3) is 3.30. The molecule has 0 aromatic heterocycles. The van der Waals surface area contributed by atoms with Gasteiger partial charge in [-0.2, -0.15) is 0 Å². The Labute approximate surface area is 103 Å². The van der Waals surface area contributed by atoms with Crippen LogP contribution in [0.25, 0.3) is 0 Å². The largest absolute Gasteiger partial charge is 0.350 e. The fourth-order valence-electron chi connectivity index (χ4n) is 2.61. The summed E-state index contributed by atoms with van der Waals surface area (Å²) in [5, 5.41) is 6.51. The lowest BCUT2D eigenvalue weighted by molar-refractivity contribution is -0.121. The number of benzene rings is 1.